The molecule has 0 saturated carbocycles. The van der Waals surface area contributed by atoms with E-state index in [0.717, 1.165) is 16.7 Å². The van der Waals surface area contributed by atoms with Crippen LogP contribution in [-0.2, 0) is 11.3 Å². The molecule has 2 heterocycles. The summed E-state index contributed by atoms with van der Waals surface area (Å²) in [5, 5.41) is 0.422. The Hall–Kier alpha value is -5.17. The van der Waals surface area contributed by atoms with Crippen molar-refractivity contribution in [3.8, 4) is 5.75 Å². The number of ether oxygens (including phenoxy) is 2. The summed E-state index contributed by atoms with van der Waals surface area (Å²) in [6.45, 7) is 6.24. The van der Waals surface area contributed by atoms with Crippen molar-refractivity contribution in [2.75, 3.05) is 11.5 Å². The fourth-order valence-corrected chi connectivity index (χ4v) is 5.30. The summed E-state index contributed by atoms with van der Waals surface area (Å²) in [5.74, 6) is -0.280. The monoisotopic (exact) mass is 559 g/mol. The number of carbonyl (C=O) groups excluding carboxylic acids is 2. The molecule has 4 aromatic carbocycles. The molecule has 1 aromatic heterocycles. The Labute approximate surface area is 242 Å². The quantitative estimate of drug-likeness (QED) is 0.201. The standard InChI is InChI=1S/C35H29NO6/c1-4-40-35(39)24-13-15-26(16-14-24)36-31(25-11-8-12-27(19-25)41-20-23-9-6-5-7-10-23)30-32(37)28-17-21(2)22(3)18-29(28)42-33(30)34(36)38/h5-19,31H,4,20H2,1-3H3. The van der Waals surface area contributed by atoms with E-state index in [0.29, 0.717) is 40.1 Å². The van der Waals surface area contributed by atoms with E-state index in [1.807, 2.05) is 74.5 Å². The number of rotatable bonds is 7. The average Bonchev–Trinajstić information content (AvgIpc) is 3.30. The van der Waals surface area contributed by atoms with Crippen molar-refractivity contribution in [2.24, 2.45) is 0 Å². The first-order valence-electron chi connectivity index (χ1n) is 13.8. The zero-order valence-electron chi connectivity index (χ0n) is 23.5. The Morgan fingerprint density at radius 2 is 1.62 bits per heavy atom. The van der Waals surface area contributed by atoms with Gasteiger partial charge in [-0.2, -0.15) is 0 Å². The zero-order chi connectivity index (χ0) is 29.4. The van der Waals surface area contributed by atoms with Crippen LogP contribution in [0.25, 0.3) is 11.0 Å². The number of aryl methyl sites for hydroxylation is 2. The van der Waals surface area contributed by atoms with Gasteiger partial charge in [0.25, 0.3) is 5.91 Å². The Morgan fingerprint density at radius 1 is 0.881 bits per heavy atom. The largest absolute Gasteiger partial charge is 0.489 e. The van der Waals surface area contributed by atoms with E-state index in [9.17, 15) is 14.4 Å². The first kappa shape index (κ1) is 27.0. The van der Waals surface area contributed by atoms with Gasteiger partial charge >= 0.3 is 5.97 Å². The van der Waals surface area contributed by atoms with Gasteiger partial charge in [-0.15, -0.1) is 0 Å². The highest BCUT2D eigenvalue weighted by Gasteiger charge is 2.44. The number of nitrogens with zero attached hydrogens (tertiary/aromatic N) is 1. The van der Waals surface area contributed by atoms with E-state index < -0.39 is 17.9 Å². The lowest BCUT2D eigenvalue weighted by Gasteiger charge is -2.25. The summed E-state index contributed by atoms with van der Waals surface area (Å²) in [6, 6.07) is 26.6. The summed E-state index contributed by atoms with van der Waals surface area (Å²) < 4.78 is 17.4. The second-order valence-corrected chi connectivity index (χ2v) is 10.3. The molecule has 210 valence electrons. The van der Waals surface area contributed by atoms with Crippen LogP contribution in [0.1, 0.15) is 61.7 Å². The van der Waals surface area contributed by atoms with Crippen LogP contribution in [0.5, 0.6) is 5.75 Å². The number of hydrogen-bond donors (Lipinski definition) is 0. The molecule has 1 aliphatic rings. The predicted molar refractivity (Wildman–Crippen MR) is 160 cm³/mol. The average molecular weight is 560 g/mol. The topological polar surface area (TPSA) is 86.0 Å². The van der Waals surface area contributed by atoms with Gasteiger partial charge < -0.3 is 13.9 Å². The first-order valence-corrected chi connectivity index (χ1v) is 13.8. The molecule has 0 radical (unpaired) electrons. The van der Waals surface area contributed by atoms with Crippen LogP contribution in [0, 0.1) is 13.8 Å². The van der Waals surface area contributed by atoms with Gasteiger partial charge in [0.2, 0.25) is 5.76 Å². The zero-order valence-corrected chi connectivity index (χ0v) is 23.5. The summed E-state index contributed by atoms with van der Waals surface area (Å²) in [4.78, 5) is 41.9. The molecule has 5 aromatic rings. The molecule has 1 amide bonds. The number of anilines is 1. The molecule has 1 aliphatic heterocycles. The van der Waals surface area contributed by atoms with Gasteiger partial charge in [-0.25, -0.2) is 4.79 Å². The number of esters is 1. The minimum atomic E-state index is -0.775. The van der Waals surface area contributed by atoms with Crippen molar-refractivity contribution >= 4 is 28.5 Å². The molecule has 7 nitrogen and oxygen atoms in total. The molecule has 0 N–H and O–H groups in total. The number of carbonyl (C=O) groups is 2. The summed E-state index contributed by atoms with van der Waals surface area (Å²) in [5.41, 5.74) is 4.88. The highest BCUT2D eigenvalue weighted by atomic mass is 16.5. The maximum Gasteiger partial charge on any atom is 0.338 e. The van der Waals surface area contributed by atoms with Crippen LogP contribution in [0.4, 0.5) is 5.69 Å². The van der Waals surface area contributed by atoms with Crippen LogP contribution in [0.3, 0.4) is 0 Å². The minimum absolute atomic E-state index is 0.00540. The van der Waals surface area contributed by atoms with Gasteiger partial charge in [0.05, 0.1) is 29.2 Å². The third-order valence-electron chi connectivity index (χ3n) is 7.57. The van der Waals surface area contributed by atoms with Crippen molar-refractivity contribution in [2.45, 2.75) is 33.4 Å². The number of fused-ring (bicyclic) bond motifs is 2. The van der Waals surface area contributed by atoms with Crippen molar-refractivity contribution in [3.63, 3.8) is 0 Å². The molecule has 0 bridgehead atoms. The summed E-state index contributed by atoms with van der Waals surface area (Å²) in [6.07, 6.45) is 0. The molecular formula is C35H29NO6. The van der Waals surface area contributed by atoms with Crippen LogP contribution in [0.15, 0.2) is 100 Å². The Bertz CT molecular complexity index is 1870. The Balaban J connectivity index is 1.48. The van der Waals surface area contributed by atoms with Gasteiger partial charge in [-0.1, -0.05) is 42.5 Å². The molecule has 0 fully saturated rings. The van der Waals surface area contributed by atoms with Gasteiger partial charge in [0.15, 0.2) is 5.43 Å². The lowest BCUT2D eigenvalue weighted by Crippen LogP contribution is -2.29. The summed E-state index contributed by atoms with van der Waals surface area (Å²) in [7, 11) is 0. The number of amides is 1. The van der Waals surface area contributed by atoms with E-state index in [1.54, 1.807) is 42.2 Å². The van der Waals surface area contributed by atoms with Crippen molar-refractivity contribution in [1.29, 1.82) is 0 Å². The van der Waals surface area contributed by atoms with E-state index in [-0.39, 0.29) is 23.4 Å². The molecule has 0 aliphatic carbocycles. The van der Waals surface area contributed by atoms with Crippen molar-refractivity contribution in [1.82, 2.24) is 0 Å². The fourth-order valence-electron chi connectivity index (χ4n) is 5.30. The molecule has 42 heavy (non-hydrogen) atoms. The van der Waals surface area contributed by atoms with Gasteiger partial charge in [-0.3, -0.25) is 14.5 Å². The third-order valence-corrected chi connectivity index (χ3v) is 7.57. The summed E-state index contributed by atoms with van der Waals surface area (Å²) >= 11 is 0. The maximum atomic E-state index is 14.1. The molecule has 6 rings (SSSR count). The first-order chi connectivity index (χ1) is 20.4. The second kappa shape index (κ2) is 11.0. The van der Waals surface area contributed by atoms with E-state index >= 15 is 0 Å². The predicted octanol–water partition coefficient (Wildman–Crippen LogP) is 6.92. The molecule has 0 spiro atoms. The Kier molecular flexibility index (Phi) is 7.08. The van der Waals surface area contributed by atoms with E-state index in [1.165, 1.54) is 0 Å². The van der Waals surface area contributed by atoms with E-state index in [4.69, 9.17) is 13.9 Å². The van der Waals surface area contributed by atoms with E-state index in [2.05, 4.69) is 0 Å². The van der Waals surface area contributed by atoms with Crippen molar-refractivity contribution < 1.29 is 23.5 Å². The molecule has 1 unspecified atom stereocenters. The third kappa shape index (κ3) is 4.83. The van der Waals surface area contributed by atoms with Crippen molar-refractivity contribution in [3.05, 3.63) is 140 Å². The highest BCUT2D eigenvalue weighted by molar-refractivity contribution is 6.11. The van der Waals surface area contributed by atoms with Gasteiger partial charge in [0, 0.05) is 5.69 Å². The number of hydrogen-bond acceptors (Lipinski definition) is 6. The second-order valence-electron chi connectivity index (χ2n) is 10.3. The van der Waals surface area contributed by atoms with Crippen LogP contribution in [-0.4, -0.2) is 18.5 Å². The lowest BCUT2D eigenvalue weighted by molar-refractivity contribution is 0.0526. The maximum absolute atomic E-state index is 14.1. The van der Waals surface area contributed by atoms with Crippen LogP contribution < -0.4 is 15.1 Å². The fraction of sp³-hybridized carbons (Fsp3) is 0.171. The van der Waals surface area contributed by atoms with Gasteiger partial charge in [-0.05, 0) is 91.6 Å². The molecule has 7 heteroatoms. The molecule has 1 atom stereocenters. The Morgan fingerprint density at radius 3 is 2.36 bits per heavy atom. The number of benzene rings is 4. The van der Waals surface area contributed by atoms with Crippen LogP contribution >= 0.6 is 0 Å². The normalized spacial score (nSPS) is 14.2. The smallest absolute Gasteiger partial charge is 0.338 e. The van der Waals surface area contributed by atoms with Crippen LogP contribution in [0.2, 0.25) is 0 Å². The minimum Gasteiger partial charge on any atom is -0.489 e. The molecular weight excluding hydrogens is 530 g/mol. The lowest BCUT2D eigenvalue weighted by atomic mass is 9.97. The van der Waals surface area contributed by atoms with Gasteiger partial charge in [0.1, 0.15) is 17.9 Å². The SMILES string of the molecule is CCOC(=O)c1ccc(N2C(=O)c3oc4cc(C)c(C)cc4c(=O)c3C2c2cccc(OCc3ccccc3)c2)cc1. The molecule has 0 saturated heterocycles. The highest BCUT2D eigenvalue weighted by Crippen LogP contribution is 2.42.